The molecular formula is C28H37ClNPPd. The average molecular weight is 560 g/mol. The van der Waals surface area contributed by atoms with Gasteiger partial charge in [0.05, 0.1) is 0 Å². The van der Waals surface area contributed by atoms with Gasteiger partial charge in [-0.2, -0.15) is 0 Å². The van der Waals surface area contributed by atoms with Gasteiger partial charge >= 0.3 is 115 Å². The minimum absolute atomic E-state index is 0.105. The molecule has 6 rings (SSSR count). The van der Waals surface area contributed by atoms with Gasteiger partial charge < -0.3 is 0 Å². The molecule has 0 N–H and O–H groups in total. The molecule has 4 heteroatoms. The zero-order valence-corrected chi connectivity index (χ0v) is 22.7. The van der Waals surface area contributed by atoms with Crippen LogP contribution >= 0.6 is 18.1 Å². The molecule has 2 aromatic rings. The molecule has 0 heterocycles. The van der Waals surface area contributed by atoms with E-state index in [2.05, 4.69) is 61.5 Å². The number of fused-ring (bicyclic) bond motifs is 4. The van der Waals surface area contributed by atoms with Gasteiger partial charge in [-0.15, -0.1) is 8.58 Å². The molecular weight excluding hydrogens is 523 g/mol. The summed E-state index contributed by atoms with van der Waals surface area (Å²) in [7, 11) is 11.5. The third kappa shape index (κ3) is 5.01. The van der Waals surface area contributed by atoms with Crippen molar-refractivity contribution in [3.05, 3.63) is 48.5 Å². The first-order valence-electron chi connectivity index (χ1n) is 12.4. The standard InChI is InChI=1S/C14H14N.C14H23P.ClH.Pd/c1-15(2)14-11-7-6-10-13(14)12-8-4-3-5-9-12;1-3-11-5-9(1)7-13(11)15-14-8-10-2-4-12(14)6-10;;/h3-8,10-11H,1-2H3;9-15H,1-8H2;1H;/q;;;+1/p-1. The summed E-state index contributed by atoms with van der Waals surface area (Å²) in [4.78, 5) is 2.13. The Kier molecular flexibility index (Phi) is 7.66. The maximum atomic E-state index is 6.05. The fourth-order valence-corrected chi connectivity index (χ4v) is 11.0. The number of rotatable bonds is 5. The molecule has 4 bridgehead atoms. The van der Waals surface area contributed by atoms with Crippen LogP contribution in [0.2, 0.25) is 0 Å². The molecule has 0 saturated heterocycles. The van der Waals surface area contributed by atoms with Crippen LogP contribution in [-0.2, 0) is 17.0 Å². The van der Waals surface area contributed by atoms with Crippen LogP contribution in [0.1, 0.15) is 51.4 Å². The summed E-state index contributed by atoms with van der Waals surface area (Å²) >= 11 is 0.105. The van der Waals surface area contributed by atoms with E-state index >= 15 is 0 Å². The first-order chi connectivity index (χ1) is 15.6. The van der Waals surface area contributed by atoms with Gasteiger partial charge in [-0.1, -0.05) is 12.8 Å². The zero-order chi connectivity index (χ0) is 22.1. The van der Waals surface area contributed by atoms with E-state index in [9.17, 15) is 0 Å². The van der Waals surface area contributed by atoms with E-state index < -0.39 is 0 Å². The van der Waals surface area contributed by atoms with Gasteiger partial charge in [0.1, 0.15) is 0 Å². The van der Waals surface area contributed by atoms with Gasteiger partial charge in [-0.3, -0.25) is 0 Å². The van der Waals surface area contributed by atoms with Crippen molar-refractivity contribution in [2.75, 3.05) is 19.0 Å². The molecule has 0 radical (unpaired) electrons. The Hall–Kier alpha value is -0.378. The van der Waals surface area contributed by atoms with Crippen LogP contribution in [0.3, 0.4) is 0 Å². The van der Waals surface area contributed by atoms with Gasteiger partial charge in [0.15, 0.2) is 0 Å². The molecule has 6 unspecified atom stereocenters. The zero-order valence-electron chi connectivity index (χ0n) is 19.4. The summed E-state index contributed by atoms with van der Waals surface area (Å²) in [6, 6.07) is 16.7. The van der Waals surface area contributed by atoms with E-state index in [0.29, 0.717) is 0 Å². The number of nitrogens with zero attached hydrogens (tertiary/aromatic N) is 1. The molecule has 0 aliphatic heterocycles. The van der Waals surface area contributed by atoms with Gasteiger partial charge in [-0.05, 0) is 73.5 Å². The Morgan fingerprint density at radius 1 is 0.750 bits per heavy atom. The minimum atomic E-state index is 0.105. The van der Waals surface area contributed by atoms with E-state index in [1.165, 1.54) is 64.4 Å². The van der Waals surface area contributed by atoms with Crippen LogP contribution in [0.15, 0.2) is 48.5 Å². The average Bonchev–Trinajstić information content (AvgIpc) is 3.62. The van der Waals surface area contributed by atoms with Crippen molar-refractivity contribution in [1.29, 1.82) is 0 Å². The van der Waals surface area contributed by atoms with E-state index in [4.69, 9.17) is 9.53 Å². The number of para-hydroxylation sites is 1. The van der Waals surface area contributed by atoms with Crippen molar-refractivity contribution < 1.29 is 17.0 Å². The van der Waals surface area contributed by atoms with Crippen molar-refractivity contribution >= 4 is 27.8 Å². The van der Waals surface area contributed by atoms with Crippen LogP contribution in [0.5, 0.6) is 0 Å². The molecule has 2 aromatic carbocycles. The number of benzene rings is 2. The third-order valence-corrected chi connectivity index (χ3v) is 12.5. The second-order valence-corrected chi connectivity index (χ2v) is 14.3. The quantitative estimate of drug-likeness (QED) is 0.274. The fourth-order valence-electron chi connectivity index (χ4n) is 6.98. The second-order valence-electron chi connectivity index (χ2n) is 10.6. The van der Waals surface area contributed by atoms with Gasteiger partial charge in [0.25, 0.3) is 0 Å². The molecule has 4 aliphatic carbocycles. The monoisotopic (exact) mass is 559 g/mol. The van der Waals surface area contributed by atoms with E-state index in [1.807, 2.05) is 6.07 Å². The predicted octanol–water partition coefficient (Wildman–Crippen LogP) is 7.32. The molecule has 0 aromatic heterocycles. The summed E-state index contributed by atoms with van der Waals surface area (Å²) in [5.74, 6) is 4.72. The Balaban J connectivity index is 0.000000136. The van der Waals surface area contributed by atoms with Gasteiger partial charge in [-0.25, -0.2) is 0 Å². The first kappa shape index (κ1) is 23.4. The molecule has 0 spiro atoms. The van der Waals surface area contributed by atoms with Crippen molar-refractivity contribution in [2.24, 2.45) is 23.7 Å². The molecule has 0 amide bonds. The summed E-state index contributed by atoms with van der Waals surface area (Å²) in [6.45, 7) is 0. The second kappa shape index (κ2) is 10.5. The Morgan fingerprint density at radius 3 is 1.81 bits per heavy atom. The normalized spacial score (nSPS) is 32.6. The van der Waals surface area contributed by atoms with Crippen molar-refractivity contribution in [3.8, 4) is 11.1 Å². The van der Waals surface area contributed by atoms with E-state index in [-0.39, 0.29) is 17.0 Å². The van der Waals surface area contributed by atoms with Crippen LogP contribution < -0.4 is 8.94 Å². The van der Waals surface area contributed by atoms with Crippen LogP contribution in [0.25, 0.3) is 11.1 Å². The van der Waals surface area contributed by atoms with E-state index in [0.717, 1.165) is 0 Å². The predicted molar refractivity (Wildman–Crippen MR) is 138 cm³/mol. The fraction of sp³-hybridized carbons (Fsp3) is 0.571. The van der Waals surface area contributed by atoms with Crippen molar-refractivity contribution in [3.63, 3.8) is 0 Å². The topological polar surface area (TPSA) is 3.24 Å². The number of anilines is 1. The Morgan fingerprint density at radius 2 is 1.31 bits per heavy atom. The summed E-state index contributed by atoms with van der Waals surface area (Å²) in [5, 5.41) is 0. The molecule has 6 atom stereocenters. The molecule has 4 fully saturated rings. The molecule has 4 saturated carbocycles. The van der Waals surface area contributed by atoms with Crippen molar-refractivity contribution in [1.82, 2.24) is 0 Å². The number of hydrogen-bond donors (Lipinski definition) is 0. The van der Waals surface area contributed by atoms with Crippen molar-refractivity contribution in [2.45, 2.75) is 62.7 Å². The summed E-state index contributed by atoms with van der Waals surface area (Å²) in [6.07, 6.45) is 12.9. The van der Waals surface area contributed by atoms with Crippen LogP contribution in [0.4, 0.5) is 5.69 Å². The van der Waals surface area contributed by atoms with E-state index in [1.54, 1.807) is 51.4 Å². The molecule has 4 aliphatic rings. The maximum absolute atomic E-state index is 6.05. The van der Waals surface area contributed by atoms with Crippen LogP contribution in [0, 0.1) is 23.7 Å². The summed E-state index contributed by atoms with van der Waals surface area (Å²) < 4.78 is 1.22. The van der Waals surface area contributed by atoms with Crippen LogP contribution in [-0.4, -0.2) is 25.4 Å². The van der Waals surface area contributed by atoms with Gasteiger partial charge in [0, 0.05) is 0 Å². The number of hydrogen-bond acceptors (Lipinski definition) is 1. The SMILES string of the molecule is C1CC2CC1CC2PC1CC2CCC1C2.CN(C)c1ccccc1-c1cccc[c]1[Pd][Cl]. The Bertz CT molecular complexity index is 892. The first-order valence-corrected chi connectivity index (χ1v) is 16.4. The number of halogens is 1. The summed E-state index contributed by atoms with van der Waals surface area (Å²) in [5.41, 5.74) is 6.10. The molecule has 1 nitrogen and oxygen atoms in total. The Labute approximate surface area is 209 Å². The third-order valence-electron chi connectivity index (χ3n) is 8.49. The molecule has 32 heavy (non-hydrogen) atoms. The van der Waals surface area contributed by atoms with Gasteiger partial charge in [0.2, 0.25) is 0 Å². The molecule has 176 valence electrons.